The molecule has 0 unspecified atom stereocenters. The van der Waals surface area contributed by atoms with E-state index >= 15 is 0 Å². The van der Waals surface area contributed by atoms with Gasteiger partial charge >= 0.3 is 0 Å². The first-order chi connectivity index (χ1) is 23.3. The van der Waals surface area contributed by atoms with Gasteiger partial charge in [0.15, 0.2) is 16.6 Å². The molecule has 2 atom stereocenters. The van der Waals surface area contributed by atoms with E-state index in [-0.39, 0.29) is 47.5 Å². The van der Waals surface area contributed by atoms with Crippen molar-refractivity contribution >= 4 is 27.0 Å². The van der Waals surface area contributed by atoms with E-state index in [9.17, 15) is 15.5 Å². The molecule has 5 aromatic rings. The lowest BCUT2D eigenvalue weighted by Gasteiger charge is -2.20. The molecule has 0 radical (unpaired) electrons. The van der Waals surface area contributed by atoms with Crippen LogP contribution in [0.25, 0.3) is 33.7 Å². The molecule has 12 heteroatoms. The van der Waals surface area contributed by atoms with Gasteiger partial charge in [-0.2, -0.15) is 10.2 Å². The van der Waals surface area contributed by atoms with Crippen LogP contribution in [-0.2, 0) is 19.5 Å². The van der Waals surface area contributed by atoms with E-state index in [1.165, 1.54) is 16.3 Å². The smallest absolute Gasteiger partial charge is 0.231 e. The number of rotatable bonds is 9. The summed E-state index contributed by atoms with van der Waals surface area (Å²) in [6, 6.07) is 16.4. The number of aliphatic hydroxyl groups excluding tert-OH is 2. The molecule has 3 N–H and O–H groups in total. The number of halogens is 1. The van der Waals surface area contributed by atoms with Crippen LogP contribution in [0.5, 0.6) is 11.8 Å². The van der Waals surface area contributed by atoms with Crippen LogP contribution < -0.4 is 15.0 Å². The van der Waals surface area contributed by atoms with E-state index in [2.05, 4.69) is 50.1 Å². The fourth-order valence-corrected chi connectivity index (χ4v) is 7.36. The summed E-state index contributed by atoms with van der Waals surface area (Å²) in [6.45, 7) is 4.15. The minimum atomic E-state index is -0.296. The van der Waals surface area contributed by atoms with Crippen molar-refractivity contribution in [1.82, 2.24) is 19.4 Å². The predicted octanol–water partition coefficient (Wildman–Crippen LogP) is 5.41. The standard InChI is InChI=1S/C36H35BrN6O5/c1-20-24(5-3-6-25(20)35-40-31-32(48-35)22(16-38)18-43(13-14-44)33(31)39)26-7-4-8-28-27(26)9-10-30(28)47-36-29(37)15-21(34(41-36)46-2)17-42-12-11-23(45)19-42/h3-8,15,18,23,30,39,44-45H,9-14,17,19H2,1-2H3/t23-,30+/m1/s1. The Balaban J connectivity index is 1.19. The van der Waals surface area contributed by atoms with Crippen molar-refractivity contribution in [3.05, 3.63) is 86.4 Å². The number of fused-ring (bicyclic) bond motifs is 2. The number of oxazole rings is 1. The molecule has 2 aliphatic rings. The fraction of sp³-hybridized carbons (Fsp3) is 0.333. The second kappa shape index (κ2) is 13.2. The van der Waals surface area contributed by atoms with E-state index in [1.54, 1.807) is 7.11 Å². The van der Waals surface area contributed by atoms with Crippen LogP contribution in [-0.4, -0.2) is 62.6 Å². The number of nitrogens with one attached hydrogen (secondary N) is 1. The molecule has 4 heterocycles. The van der Waals surface area contributed by atoms with Gasteiger partial charge in [0.05, 0.1) is 24.3 Å². The number of aliphatic hydroxyl groups is 2. The molecule has 0 spiro atoms. The summed E-state index contributed by atoms with van der Waals surface area (Å²) in [5.74, 6) is 1.32. The fourth-order valence-electron chi connectivity index (χ4n) is 6.91. The van der Waals surface area contributed by atoms with Crippen LogP contribution in [0.1, 0.15) is 46.8 Å². The highest BCUT2D eigenvalue weighted by atomic mass is 79.9. The number of pyridine rings is 2. The van der Waals surface area contributed by atoms with E-state index < -0.39 is 0 Å². The summed E-state index contributed by atoms with van der Waals surface area (Å²) in [7, 11) is 1.61. The minimum Gasteiger partial charge on any atom is -0.481 e. The van der Waals surface area contributed by atoms with Gasteiger partial charge in [-0.15, -0.1) is 0 Å². The monoisotopic (exact) mass is 710 g/mol. The zero-order valence-electron chi connectivity index (χ0n) is 26.7. The van der Waals surface area contributed by atoms with E-state index in [4.69, 9.17) is 24.3 Å². The molecular formula is C36H35BrN6O5. The largest absolute Gasteiger partial charge is 0.481 e. The third kappa shape index (κ3) is 5.77. The summed E-state index contributed by atoms with van der Waals surface area (Å²) in [5.41, 5.74) is 7.99. The Morgan fingerprint density at radius 2 is 1.92 bits per heavy atom. The van der Waals surface area contributed by atoms with Gasteiger partial charge in [0.1, 0.15) is 17.7 Å². The van der Waals surface area contributed by atoms with Crippen molar-refractivity contribution in [3.63, 3.8) is 0 Å². The van der Waals surface area contributed by atoms with Gasteiger partial charge in [0, 0.05) is 43.5 Å². The van der Waals surface area contributed by atoms with Crippen LogP contribution in [0.3, 0.4) is 0 Å². The summed E-state index contributed by atoms with van der Waals surface area (Å²) < 4.78 is 20.6. The number of β-amino-alcohol motifs (C(OH)–C–C–N with tert-alkyl or cyclic N) is 1. The Morgan fingerprint density at radius 1 is 1.12 bits per heavy atom. The third-order valence-electron chi connectivity index (χ3n) is 9.27. The zero-order chi connectivity index (χ0) is 33.5. The van der Waals surface area contributed by atoms with Gasteiger partial charge in [-0.25, -0.2) is 4.98 Å². The lowest BCUT2D eigenvalue weighted by molar-refractivity contribution is 0.173. The highest BCUT2D eigenvalue weighted by Crippen LogP contribution is 2.43. The lowest BCUT2D eigenvalue weighted by Crippen LogP contribution is -2.22. The number of hydrogen-bond donors (Lipinski definition) is 3. The normalized spacial score (nSPS) is 17.5. The van der Waals surface area contributed by atoms with Crippen LogP contribution >= 0.6 is 15.9 Å². The number of ether oxygens (including phenoxy) is 2. The van der Waals surface area contributed by atoms with Crippen molar-refractivity contribution in [2.24, 2.45) is 0 Å². The SMILES string of the molecule is COc1nc(O[C@H]2CCc3c(-c4cccc(-c5nc6c(=N)n(CCO)cc(C#N)c6o5)c4C)cccc32)c(Br)cc1CN1CC[C@@H](O)C1. The number of aromatic nitrogens is 3. The van der Waals surface area contributed by atoms with Crippen molar-refractivity contribution in [1.29, 1.82) is 10.7 Å². The first-order valence-electron chi connectivity index (χ1n) is 15.9. The Kier molecular flexibility index (Phi) is 8.78. The van der Waals surface area contributed by atoms with Crippen LogP contribution in [0.2, 0.25) is 0 Å². The summed E-state index contributed by atoms with van der Waals surface area (Å²) in [4.78, 5) is 11.6. The topological polar surface area (TPSA) is 154 Å². The van der Waals surface area contributed by atoms with Crippen molar-refractivity contribution in [2.75, 3.05) is 26.8 Å². The van der Waals surface area contributed by atoms with Gasteiger partial charge in [-0.3, -0.25) is 10.3 Å². The molecule has 48 heavy (non-hydrogen) atoms. The Bertz CT molecular complexity index is 2140. The molecule has 1 aliphatic carbocycles. The molecule has 0 bridgehead atoms. The third-order valence-corrected chi connectivity index (χ3v) is 9.84. The molecule has 246 valence electrons. The minimum absolute atomic E-state index is 0.0774. The average molecular weight is 712 g/mol. The number of likely N-dealkylation sites (tertiary alicyclic amines) is 1. The van der Waals surface area contributed by atoms with Crippen LogP contribution in [0.4, 0.5) is 0 Å². The second-order valence-electron chi connectivity index (χ2n) is 12.2. The molecule has 3 aromatic heterocycles. The Morgan fingerprint density at radius 3 is 2.67 bits per heavy atom. The highest BCUT2D eigenvalue weighted by Gasteiger charge is 2.29. The van der Waals surface area contributed by atoms with Crippen LogP contribution in [0.15, 0.2) is 57.6 Å². The first-order valence-corrected chi connectivity index (χ1v) is 16.7. The maximum atomic E-state index is 9.95. The molecule has 1 saturated heterocycles. The molecule has 2 aromatic carbocycles. The van der Waals surface area contributed by atoms with E-state index in [1.807, 2.05) is 31.2 Å². The highest BCUT2D eigenvalue weighted by molar-refractivity contribution is 9.10. The summed E-state index contributed by atoms with van der Waals surface area (Å²) in [5, 5.41) is 37.7. The van der Waals surface area contributed by atoms with Crippen molar-refractivity contribution in [3.8, 4) is 40.4 Å². The summed E-state index contributed by atoms with van der Waals surface area (Å²) >= 11 is 3.68. The number of hydrogen-bond acceptors (Lipinski definition) is 10. The number of nitrogens with zero attached hydrogens (tertiary/aromatic N) is 5. The van der Waals surface area contributed by atoms with E-state index in [0.29, 0.717) is 30.7 Å². The summed E-state index contributed by atoms with van der Waals surface area (Å²) in [6.07, 6.45) is 3.41. The number of nitriles is 1. The average Bonchev–Trinajstić information content (AvgIpc) is 3.83. The molecule has 1 fully saturated rings. The van der Waals surface area contributed by atoms with Gasteiger partial charge in [-0.1, -0.05) is 30.3 Å². The maximum absolute atomic E-state index is 9.95. The van der Waals surface area contributed by atoms with E-state index in [0.717, 1.165) is 63.7 Å². The predicted molar refractivity (Wildman–Crippen MR) is 181 cm³/mol. The number of methoxy groups -OCH3 is 1. The maximum Gasteiger partial charge on any atom is 0.231 e. The van der Waals surface area contributed by atoms with Gasteiger partial charge in [0.2, 0.25) is 17.7 Å². The first kappa shape index (κ1) is 32.0. The molecular weight excluding hydrogens is 676 g/mol. The van der Waals surface area contributed by atoms with Crippen LogP contribution in [0, 0.1) is 23.7 Å². The quantitative estimate of drug-likeness (QED) is 0.182. The van der Waals surface area contributed by atoms with Gasteiger partial charge < -0.3 is 28.7 Å². The van der Waals surface area contributed by atoms with Crippen molar-refractivity contribution < 1.29 is 24.1 Å². The zero-order valence-corrected chi connectivity index (χ0v) is 28.2. The molecule has 11 nitrogen and oxygen atoms in total. The molecule has 1 aliphatic heterocycles. The van der Waals surface area contributed by atoms with Gasteiger partial charge in [-0.05, 0) is 82.1 Å². The Labute approximate surface area is 285 Å². The van der Waals surface area contributed by atoms with Crippen molar-refractivity contribution in [2.45, 2.75) is 51.5 Å². The lowest BCUT2D eigenvalue weighted by atomic mass is 9.91. The molecule has 0 saturated carbocycles. The molecule has 7 rings (SSSR count). The Hall–Kier alpha value is -4.54. The molecule has 0 amide bonds. The second-order valence-corrected chi connectivity index (χ2v) is 13.1. The number of benzene rings is 2. The van der Waals surface area contributed by atoms with Gasteiger partial charge in [0.25, 0.3) is 0 Å².